The molecule has 0 aromatic heterocycles. The largest absolute Gasteiger partial charge is 0.478 e. The minimum atomic E-state index is -0.916. The van der Waals surface area contributed by atoms with Crippen molar-refractivity contribution in [2.24, 2.45) is 0 Å². The number of rotatable bonds is 2. The van der Waals surface area contributed by atoms with E-state index in [1.807, 2.05) is 0 Å². The summed E-state index contributed by atoms with van der Waals surface area (Å²) in [6.07, 6.45) is 1.53. The Morgan fingerprint density at radius 1 is 1.42 bits per heavy atom. The van der Waals surface area contributed by atoms with Gasteiger partial charge < -0.3 is 5.11 Å². The summed E-state index contributed by atoms with van der Waals surface area (Å²) in [5.41, 5.74) is 0.947. The molecule has 0 atom stereocenters. The van der Waals surface area contributed by atoms with E-state index in [1.165, 1.54) is 6.08 Å². The van der Waals surface area contributed by atoms with Crippen LogP contribution in [0.5, 0.6) is 0 Å². The van der Waals surface area contributed by atoms with Crippen molar-refractivity contribution >= 4 is 24.5 Å². The Morgan fingerprint density at radius 3 is 2.42 bits per heavy atom. The molecule has 0 saturated heterocycles. The number of halogens is 1. The lowest BCUT2D eigenvalue weighted by Crippen LogP contribution is -1.98. The fourth-order valence-corrected chi connectivity index (χ4v) is 0.870. The van der Waals surface area contributed by atoms with Crippen LogP contribution in [0.2, 0.25) is 0 Å². The van der Waals surface area contributed by atoms with Crippen LogP contribution in [-0.2, 0) is 0 Å². The molecular formula is C9H9ClO2. The van der Waals surface area contributed by atoms with Gasteiger partial charge in [0.25, 0.3) is 0 Å². The van der Waals surface area contributed by atoms with Crippen molar-refractivity contribution in [3.8, 4) is 0 Å². The molecule has 0 fully saturated rings. The van der Waals surface area contributed by atoms with Crippen molar-refractivity contribution < 1.29 is 9.90 Å². The Bertz CT molecular complexity index is 294. The highest BCUT2D eigenvalue weighted by molar-refractivity contribution is 5.91. The number of aromatic carboxylic acids is 1. The Labute approximate surface area is 76.9 Å². The van der Waals surface area contributed by atoms with Gasteiger partial charge in [0.05, 0.1) is 5.56 Å². The average Bonchev–Trinajstić information content (AvgIpc) is 2.04. The molecule has 0 radical (unpaired) electrons. The van der Waals surface area contributed by atoms with Gasteiger partial charge >= 0.3 is 5.97 Å². The monoisotopic (exact) mass is 184 g/mol. The molecule has 0 heterocycles. The molecule has 0 saturated carbocycles. The van der Waals surface area contributed by atoms with Crippen LogP contribution >= 0.6 is 12.4 Å². The maximum absolute atomic E-state index is 10.5. The van der Waals surface area contributed by atoms with Gasteiger partial charge in [-0.25, -0.2) is 4.79 Å². The molecule has 0 aliphatic carbocycles. The van der Waals surface area contributed by atoms with E-state index in [1.54, 1.807) is 24.3 Å². The van der Waals surface area contributed by atoms with Crippen molar-refractivity contribution in [3.05, 3.63) is 42.0 Å². The Hall–Kier alpha value is -1.28. The third kappa shape index (κ3) is 2.10. The number of carboxylic acids is 1. The molecule has 0 bridgehead atoms. The fraction of sp³-hybridized carbons (Fsp3) is 0. The first-order valence-electron chi connectivity index (χ1n) is 3.20. The van der Waals surface area contributed by atoms with Crippen LogP contribution < -0.4 is 0 Å². The van der Waals surface area contributed by atoms with Gasteiger partial charge in [-0.3, -0.25) is 0 Å². The molecule has 3 heteroatoms. The van der Waals surface area contributed by atoms with Gasteiger partial charge in [0.2, 0.25) is 0 Å². The Balaban J connectivity index is 0.00000121. The maximum Gasteiger partial charge on any atom is 0.336 e. The molecule has 1 rings (SSSR count). The molecule has 1 aromatic rings. The van der Waals surface area contributed by atoms with Crippen LogP contribution in [0, 0.1) is 0 Å². The number of carbonyl (C=O) groups is 1. The number of hydrogen-bond acceptors (Lipinski definition) is 1. The predicted octanol–water partition coefficient (Wildman–Crippen LogP) is 2.45. The van der Waals surface area contributed by atoms with Crippen molar-refractivity contribution in [1.82, 2.24) is 0 Å². The van der Waals surface area contributed by atoms with Gasteiger partial charge in [-0.05, 0) is 11.6 Å². The van der Waals surface area contributed by atoms with E-state index >= 15 is 0 Å². The second-order valence-corrected chi connectivity index (χ2v) is 2.10. The molecule has 1 N–H and O–H groups in total. The van der Waals surface area contributed by atoms with Gasteiger partial charge in [0.1, 0.15) is 0 Å². The third-order valence-corrected chi connectivity index (χ3v) is 1.41. The summed E-state index contributed by atoms with van der Waals surface area (Å²) in [6.45, 7) is 3.51. The van der Waals surface area contributed by atoms with E-state index in [2.05, 4.69) is 6.58 Å². The molecule has 0 aliphatic heterocycles. The predicted molar refractivity (Wildman–Crippen MR) is 50.7 cm³/mol. The van der Waals surface area contributed by atoms with Crippen LogP contribution in [-0.4, -0.2) is 11.1 Å². The van der Waals surface area contributed by atoms with E-state index in [0.717, 1.165) is 0 Å². The minimum Gasteiger partial charge on any atom is -0.478 e. The quantitative estimate of drug-likeness (QED) is 0.767. The zero-order valence-corrected chi connectivity index (χ0v) is 7.17. The highest BCUT2D eigenvalue weighted by Gasteiger charge is 2.04. The van der Waals surface area contributed by atoms with E-state index in [9.17, 15) is 4.79 Å². The van der Waals surface area contributed by atoms with E-state index in [0.29, 0.717) is 11.1 Å². The standard InChI is InChI=1S/C9H8O2.ClH/c1-2-7-5-3-4-6-8(7)9(10)11;/h2-6H,1H2,(H,10,11);1H. The summed E-state index contributed by atoms with van der Waals surface area (Å²) < 4.78 is 0. The smallest absolute Gasteiger partial charge is 0.336 e. The number of hydrogen-bond donors (Lipinski definition) is 1. The van der Waals surface area contributed by atoms with Gasteiger partial charge in [0, 0.05) is 0 Å². The summed E-state index contributed by atoms with van der Waals surface area (Å²) in [4.78, 5) is 10.5. The van der Waals surface area contributed by atoms with Gasteiger partial charge in [-0.1, -0.05) is 30.9 Å². The summed E-state index contributed by atoms with van der Waals surface area (Å²) in [6, 6.07) is 6.75. The van der Waals surface area contributed by atoms with Crippen molar-refractivity contribution in [1.29, 1.82) is 0 Å². The molecular weight excluding hydrogens is 176 g/mol. The van der Waals surface area contributed by atoms with Crippen LogP contribution in [0.4, 0.5) is 0 Å². The molecule has 12 heavy (non-hydrogen) atoms. The lowest BCUT2D eigenvalue weighted by molar-refractivity contribution is 0.0696. The maximum atomic E-state index is 10.5. The molecule has 2 nitrogen and oxygen atoms in total. The van der Waals surface area contributed by atoms with Crippen LogP contribution in [0.25, 0.3) is 6.08 Å². The molecule has 64 valence electrons. The first kappa shape index (κ1) is 10.7. The Kier molecular flexibility index (Phi) is 4.08. The van der Waals surface area contributed by atoms with Crippen LogP contribution in [0.15, 0.2) is 30.8 Å². The normalized spacial score (nSPS) is 8.33. The molecule has 1 aromatic carbocycles. The lowest BCUT2D eigenvalue weighted by atomic mass is 10.1. The topological polar surface area (TPSA) is 37.3 Å². The summed E-state index contributed by atoms with van der Waals surface area (Å²) in [5.74, 6) is -0.916. The van der Waals surface area contributed by atoms with Gasteiger partial charge in [-0.15, -0.1) is 12.4 Å². The minimum absolute atomic E-state index is 0. The van der Waals surface area contributed by atoms with Gasteiger partial charge in [0.15, 0.2) is 0 Å². The fourth-order valence-electron chi connectivity index (χ4n) is 0.870. The Morgan fingerprint density at radius 2 is 2.00 bits per heavy atom. The second-order valence-electron chi connectivity index (χ2n) is 2.10. The number of benzene rings is 1. The van der Waals surface area contributed by atoms with Crippen molar-refractivity contribution in [2.45, 2.75) is 0 Å². The SMILES string of the molecule is C=Cc1ccccc1C(=O)O.Cl. The molecule has 0 amide bonds. The summed E-state index contributed by atoms with van der Waals surface area (Å²) in [5, 5.41) is 8.65. The zero-order valence-electron chi connectivity index (χ0n) is 6.36. The van der Waals surface area contributed by atoms with Crippen LogP contribution in [0.1, 0.15) is 15.9 Å². The van der Waals surface area contributed by atoms with Gasteiger partial charge in [-0.2, -0.15) is 0 Å². The second kappa shape index (κ2) is 4.57. The first-order chi connectivity index (χ1) is 5.25. The highest BCUT2D eigenvalue weighted by atomic mass is 35.5. The third-order valence-electron chi connectivity index (χ3n) is 1.41. The average molecular weight is 185 g/mol. The lowest BCUT2D eigenvalue weighted by Gasteiger charge is -1.97. The molecule has 0 aliphatic rings. The summed E-state index contributed by atoms with van der Waals surface area (Å²) in [7, 11) is 0. The number of carboxylic acid groups (broad SMARTS) is 1. The highest BCUT2D eigenvalue weighted by Crippen LogP contribution is 2.08. The van der Waals surface area contributed by atoms with Crippen molar-refractivity contribution in [2.75, 3.05) is 0 Å². The first-order valence-corrected chi connectivity index (χ1v) is 3.20. The van der Waals surface area contributed by atoms with E-state index in [-0.39, 0.29) is 12.4 Å². The van der Waals surface area contributed by atoms with Crippen molar-refractivity contribution in [3.63, 3.8) is 0 Å². The van der Waals surface area contributed by atoms with Crippen LogP contribution in [0.3, 0.4) is 0 Å². The molecule has 0 unspecified atom stereocenters. The zero-order chi connectivity index (χ0) is 8.27. The summed E-state index contributed by atoms with van der Waals surface area (Å²) >= 11 is 0. The van der Waals surface area contributed by atoms with E-state index in [4.69, 9.17) is 5.11 Å². The van der Waals surface area contributed by atoms with E-state index < -0.39 is 5.97 Å². The molecule has 0 spiro atoms.